The molecule has 1 saturated heterocycles. The van der Waals surface area contributed by atoms with Gasteiger partial charge < -0.3 is 15.5 Å². The molecular formula is C19H23N3O2. The fraction of sp³-hybridized carbons (Fsp3) is 0.368. The number of amides is 2. The fourth-order valence-electron chi connectivity index (χ4n) is 3.17. The molecule has 1 aliphatic rings. The van der Waals surface area contributed by atoms with Gasteiger partial charge in [-0.2, -0.15) is 0 Å². The summed E-state index contributed by atoms with van der Waals surface area (Å²) in [6.07, 6.45) is 0.283. The third-order valence-corrected chi connectivity index (χ3v) is 4.49. The van der Waals surface area contributed by atoms with Crippen LogP contribution in [-0.2, 0) is 16.0 Å². The Morgan fingerprint density at radius 3 is 2.83 bits per heavy atom. The second-order valence-electron chi connectivity index (χ2n) is 6.23. The van der Waals surface area contributed by atoms with Crippen LogP contribution in [0.15, 0.2) is 42.5 Å². The van der Waals surface area contributed by atoms with E-state index in [-0.39, 0.29) is 30.8 Å². The van der Waals surface area contributed by atoms with Crippen LogP contribution in [-0.4, -0.2) is 48.9 Å². The van der Waals surface area contributed by atoms with Crippen molar-refractivity contribution in [3.05, 3.63) is 48.0 Å². The van der Waals surface area contributed by atoms with Crippen LogP contribution in [0.3, 0.4) is 0 Å². The molecule has 2 aromatic carbocycles. The van der Waals surface area contributed by atoms with Crippen LogP contribution in [0.25, 0.3) is 10.8 Å². The lowest BCUT2D eigenvalue weighted by atomic mass is 10.0. The van der Waals surface area contributed by atoms with Crippen molar-refractivity contribution in [2.75, 3.05) is 26.2 Å². The zero-order valence-corrected chi connectivity index (χ0v) is 13.9. The predicted octanol–water partition coefficient (Wildman–Crippen LogP) is 1.32. The number of nitrogens with zero attached hydrogens (tertiary/aromatic N) is 1. The number of piperazine rings is 1. The van der Waals surface area contributed by atoms with Crippen molar-refractivity contribution in [1.29, 1.82) is 0 Å². The number of carbonyl (C=O) groups is 2. The van der Waals surface area contributed by atoms with Crippen LogP contribution in [0.1, 0.15) is 12.5 Å². The van der Waals surface area contributed by atoms with Gasteiger partial charge in [0.15, 0.2) is 0 Å². The molecule has 0 bridgehead atoms. The molecule has 1 fully saturated rings. The maximum atomic E-state index is 12.3. The number of fused-ring (bicyclic) bond motifs is 1. The third-order valence-electron chi connectivity index (χ3n) is 4.49. The first-order valence-corrected chi connectivity index (χ1v) is 8.38. The van der Waals surface area contributed by atoms with E-state index < -0.39 is 0 Å². The molecule has 0 saturated carbocycles. The van der Waals surface area contributed by atoms with Crippen LogP contribution in [0.5, 0.6) is 0 Å². The van der Waals surface area contributed by atoms with Gasteiger partial charge in [0.25, 0.3) is 0 Å². The standard InChI is InChI=1S/C19H23N3O2/c1-14-12-20-9-10-22(14)19(24)13-21-18(23)11-16-7-4-6-15-5-2-3-8-17(15)16/h2-8,14,20H,9-13H2,1H3,(H,21,23)/t14-/m1/s1. The molecule has 2 aromatic rings. The van der Waals surface area contributed by atoms with Crippen molar-refractivity contribution in [2.24, 2.45) is 0 Å². The molecule has 3 rings (SSSR count). The Balaban J connectivity index is 1.58. The van der Waals surface area contributed by atoms with Crippen molar-refractivity contribution in [3.8, 4) is 0 Å². The Labute approximate surface area is 142 Å². The van der Waals surface area contributed by atoms with Crippen molar-refractivity contribution in [1.82, 2.24) is 15.5 Å². The normalized spacial score (nSPS) is 17.7. The third kappa shape index (κ3) is 3.74. The molecule has 126 valence electrons. The van der Waals surface area contributed by atoms with Gasteiger partial charge in [0.05, 0.1) is 13.0 Å². The van der Waals surface area contributed by atoms with E-state index in [1.54, 1.807) is 0 Å². The maximum absolute atomic E-state index is 12.3. The molecule has 0 spiro atoms. The van der Waals surface area contributed by atoms with E-state index in [0.29, 0.717) is 6.54 Å². The van der Waals surface area contributed by atoms with Crippen LogP contribution in [0.2, 0.25) is 0 Å². The van der Waals surface area contributed by atoms with Crippen molar-refractivity contribution < 1.29 is 9.59 Å². The Morgan fingerprint density at radius 2 is 2.00 bits per heavy atom. The molecule has 5 nitrogen and oxygen atoms in total. The minimum atomic E-state index is -0.123. The molecule has 24 heavy (non-hydrogen) atoms. The predicted molar refractivity (Wildman–Crippen MR) is 94.7 cm³/mol. The van der Waals surface area contributed by atoms with Gasteiger partial charge in [-0.05, 0) is 23.3 Å². The fourth-order valence-corrected chi connectivity index (χ4v) is 3.17. The highest BCUT2D eigenvalue weighted by Crippen LogP contribution is 2.18. The maximum Gasteiger partial charge on any atom is 0.242 e. The molecule has 0 aromatic heterocycles. The first kappa shape index (κ1) is 16.5. The van der Waals surface area contributed by atoms with E-state index in [1.165, 1.54) is 0 Å². The molecular weight excluding hydrogens is 302 g/mol. The summed E-state index contributed by atoms with van der Waals surface area (Å²) in [6.45, 7) is 4.38. The summed E-state index contributed by atoms with van der Waals surface area (Å²) < 4.78 is 0. The molecule has 0 aliphatic carbocycles. The molecule has 2 N–H and O–H groups in total. The van der Waals surface area contributed by atoms with Crippen LogP contribution < -0.4 is 10.6 Å². The first-order valence-electron chi connectivity index (χ1n) is 8.38. The van der Waals surface area contributed by atoms with Crippen LogP contribution in [0, 0.1) is 0 Å². The van der Waals surface area contributed by atoms with E-state index >= 15 is 0 Å². The Kier molecular flexibility index (Phi) is 5.11. The minimum absolute atomic E-state index is 0.0183. The number of nitrogens with one attached hydrogen (secondary N) is 2. The summed E-state index contributed by atoms with van der Waals surface area (Å²) >= 11 is 0. The summed E-state index contributed by atoms with van der Waals surface area (Å²) in [5, 5.41) is 8.22. The molecule has 1 atom stereocenters. The number of carbonyl (C=O) groups excluding carboxylic acids is 2. The van der Waals surface area contributed by atoms with E-state index in [2.05, 4.69) is 10.6 Å². The number of benzene rings is 2. The Morgan fingerprint density at radius 1 is 1.21 bits per heavy atom. The second-order valence-corrected chi connectivity index (χ2v) is 6.23. The molecule has 0 radical (unpaired) electrons. The average Bonchev–Trinajstić information content (AvgIpc) is 2.60. The van der Waals surface area contributed by atoms with Crippen molar-refractivity contribution in [2.45, 2.75) is 19.4 Å². The van der Waals surface area contributed by atoms with Crippen molar-refractivity contribution in [3.63, 3.8) is 0 Å². The highest BCUT2D eigenvalue weighted by molar-refractivity contribution is 5.91. The summed E-state index contributed by atoms with van der Waals surface area (Å²) in [4.78, 5) is 26.3. The number of hydrogen-bond acceptors (Lipinski definition) is 3. The summed E-state index contributed by atoms with van der Waals surface area (Å²) in [5.41, 5.74) is 0.980. The highest BCUT2D eigenvalue weighted by Gasteiger charge is 2.22. The zero-order valence-electron chi connectivity index (χ0n) is 13.9. The van der Waals surface area contributed by atoms with Gasteiger partial charge in [-0.1, -0.05) is 42.5 Å². The quantitative estimate of drug-likeness (QED) is 0.891. The summed E-state index contributed by atoms with van der Waals surface area (Å²) in [7, 11) is 0. The molecule has 1 aliphatic heterocycles. The Hall–Kier alpha value is -2.40. The van der Waals surface area contributed by atoms with E-state index in [4.69, 9.17) is 0 Å². The lowest BCUT2D eigenvalue weighted by Gasteiger charge is -2.34. The molecule has 2 amide bonds. The van der Waals surface area contributed by atoms with Gasteiger partial charge in [-0.3, -0.25) is 9.59 Å². The van der Waals surface area contributed by atoms with Gasteiger partial charge in [-0.25, -0.2) is 0 Å². The Bertz CT molecular complexity index is 739. The van der Waals surface area contributed by atoms with E-state index in [1.807, 2.05) is 54.3 Å². The number of rotatable bonds is 4. The van der Waals surface area contributed by atoms with Gasteiger partial charge in [0, 0.05) is 25.7 Å². The monoisotopic (exact) mass is 325 g/mol. The molecule has 5 heteroatoms. The second kappa shape index (κ2) is 7.45. The minimum Gasteiger partial charge on any atom is -0.347 e. The summed E-state index contributed by atoms with van der Waals surface area (Å²) in [6, 6.07) is 14.1. The number of hydrogen-bond donors (Lipinski definition) is 2. The lowest BCUT2D eigenvalue weighted by Crippen LogP contribution is -2.54. The highest BCUT2D eigenvalue weighted by atomic mass is 16.2. The largest absolute Gasteiger partial charge is 0.347 e. The van der Waals surface area contributed by atoms with E-state index in [9.17, 15) is 9.59 Å². The van der Waals surface area contributed by atoms with Crippen LogP contribution in [0.4, 0.5) is 0 Å². The first-order chi connectivity index (χ1) is 11.6. The lowest BCUT2D eigenvalue weighted by molar-refractivity contribution is -0.135. The molecule has 0 unspecified atom stereocenters. The SMILES string of the molecule is C[C@@H]1CNCCN1C(=O)CNC(=O)Cc1cccc2ccccc12. The van der Waals surface area contributed by atoms with Gasteiger partial charge in [0.2, 0.25) is 11.8 Å². The molecule has 1 heterocycles. The van der Waals surface area contributed by atoms with Gasteiger partial charge in [-0.15, -0.1) is 0 Å². The summed E-state index contributed by atoms with van der Waals surface area (Å²) in [5.74, 6) is -0.141. The average molecular weight is 325 g/mol. The van der Waals surface area contributed by atoms with E-state index in [0.717, 1.165) is 29.4 Å². The van der Waals surface area contributed by atoms with Crippen molar-refractivity contribution >= 4 is 22.6 Å². The van der Waals surface area contributed by atoms with Gasteiger partial charge in [0.1, 0.15) is 0 Å². The van der Waals surface area contributed by atoms with Gasteiger partial charge >= 0.3 is 0 Å². The topological polar surface area (TPSA) is 61.4 Å². The smallest absolute Gasteiger partial charge is 0.242 e. The van der Waals surface area contributed by atoms with Crippen LogP contribution >= 0.6 is 0 Å². The zero-order chi connectivity index (χ0) is 16.9.